The second kappa shape index (κ2) is 8.22. The van der Waals surface area contributed by atoms with Crippen LogP contribution in [0.15, 0.2) is 27.8 Å². The summed E-state index contributed by atoms with van der Waals surface area (Å²) in [5.41, 5.74) is 0. The normalized spacial score (nSPS) is 24.6. The third kappa shape index (κ3) is 4.88. The zero-order chi connectivity index (χ0) is 15.1. The average Bonchev–Trinajstić information content (AvgIpc) is 3.04. The zero-order valence-corrected chi connectivity index (χ0v) is 13.6. The fourth-order valence-corrected chi connectivity index (χ4v) is 4.07. The van der Waals surface area contributed by atoms with Crippen LogP contribution in [0, 0.1) is 0 Å². The molecule has 1 aliphatic carbocycles. The lowest BCUT2D eigenvalue weighted by Crippen LogP contribution is -2.46. The summed E-state index contributed by atoms with van der Waals surface area (Å²) in [6.07, 6.45) is 5.94. The van der Waals surface area contributed by atoms with Crippen molar-refractivity contribution in [3.05, 3.63) is 24.2 Å². The Labute approximate surface area is 129 Å². The third-order valence-electron chi connectivity index (χ3n) is 3.86. The maximum absolute atomic E-state index is 12.0. The van der Waals surface area contributed by atoms with Crippen LogP contribution in [0.3, 0.4) is 0 Å². The van der Waals surface area contributed by atoms with E-state index in [1.54, 1.807) is 13.3 Å². The molecular weight excluding hydrogens is 286 g/mol. The number of furan rings is 1. The molecule has 3 unspecified atom stereocenters. The van der Waals surface area contributed by atoms with Crippen molar-refractivity contribution >= 4 is 16.8 Å². The molecule has 118 valence electrons. The molecule has 1 saturated carbocycles. The van der Waals surface area contributed by atoms with Gasteiger partial charge < -0.3 is 15.1 Å². The molecule has 21 heavy (non-hydrogen) atoms. The van der Waals surface area contributed by atoms with Crippen molar-refractivity contribution in [2.75, 3.05) is 12.8 Å². The average molecular weight is 311 g/mol. The van der Waals surface area contributed by atoms with E-state index in [0.717, 1.165) is 43.2 Å². The highest BCUT2D eigenvalue weighted by atomic mass is 32.2. The van der Waals surface area contributed by atoms with Crippen LogP contribution >= 0.6 is 0 Å². The van der Waals surface area contributed by atoms with Gasteiger partial charge in [0.2, 0.25) is 0 Å². The molecule has 2 rings (SSSR count). The van der Waals surface area contributed by atoms with E-state index in [4.69, 9.17) is 4.42 Å². The molecule has 2 N–H and O–H groups in total. The second-order valence-electron chi connectivity index (χ2n) is 5.30. The molecule has 1 aromatic rings. The number of guanidine groups is 1. The minimum Gasteiger partial charge on any atom is -0.467 e. The number of nitrogens with one attached hydrogen (secondary N) is 2. The quantitative estimate of drug-likeness (QED) is 0.645. The van der Waals surface area contributed by atoms with Gasteiger partial charge in [-0.1, -0.05) is 13.3 Å². The Morgan fingerprint density at radius 1 is 1.52 bits per heavy atom. The van der Waals surface area contributed by atoms with Crippen LogP contribution in [0.2, 0.25) is 0 Å². The minimum absolute atomic E-state index is 0.324. The van der Waals surface area contributed by atoms with Crippen LogP contribution in [-0.4, -0.2) is 34.3 Å². The number of aliphatic imine (C=N–C) groups is 1. The smallest absolute Gasteiger partial charge is 0.191 e. The van der Waals surface area contributed by atoms with E-state index in [-0.39, 0.29) is 0 Å². The first-order valence-corrected chi connectivity index (χ1v) is 8.98. The highest BCUT2D eigenvalue weighted by Crippen LogP contribution is 2.22. The SMILES string of the molecule is CCS(=O)C1CCCC(NC(=NC)NCc2ccco2)C1. The van der Waals surface area contributed by atoms with Crippen LogP contribution in [0.5, 0.6) is 0 Å². The molecule has 0 saturated heterocycles. The molecule has 1 aliphatic rings. The first-order chi connectivity index (χ1) is 10.2. The van der Waals surface area contributed by atoms with Gasteiger partial charge in [0.15, 0.2) is 5.96 Å². The zero-order valence-electron chi connectivity index (χ0n) is 12.8. The summed E-state index contributed by atoms with van der Waals surface area (Å²) in [6, 6.07) is 4.15. The summed E-state index contributed by atoms with van der Waals surface area (Å²) in [4.78, 5) is 4.25. The van der Waals surface area contributed by atoms with Gasteiger partial charge in [0.05, 0.1) is 12.8 Å². The lowest BCUT2D eigenvalue weighted by molar-refractivity contribution is 0.412. The maximum atomic E-state index is 12.0. The molecule has 3 atom stereocenters. The van der Waals surface area contributed by atoms with Crippen LogP contribution < -0.4 is 10.6 Å². The Bertz CT molecular complexity index is 473. The Balaban J connectivity index is 1.82. The predicted octanol–water partition coefficient (Wildman–Crippen LogP) is 2.02. The third-order valence-corrected chi connectivity index (χ3v) is 5.60. The van der Waals surface area contributed by atoms with E-state index in [9.17, 15) is 4.21 Å². The Morgan fingerprint density at radius 2 is 2.38 bits per heavy atom. The molecule has 0 spiro atoms. The van der Waals surface area contributed by atoms with Gasteiger partial charge in [-0.05, 0) is 31.4 Å². The Hall–Kier alpha value is -1.30. The van der Waals surface area contributed by atoms with Crippen LogP contribution in [-0.2, 0) is 17.3 Å². The van der Waals surface area contributed by atoms with Gasteiger partial charge in [-0.25, -0.2) is 0 Å². The molecular formula is C15H25N3O2S. The summed E-state index contributed by atoms with van der Waals surface area (Å²) in [5.74, 6) is 2.41. The molecule has 0 aromatic carbocycles. The van der Waals surface area contributed by atoms with Crippen molar-refractivity contribution in [1.29, 1.82) is 0 Å². The first kappa shape index (κ1) is 16.1. The summed E-state index contributed by atoms with van der Waals surface area (Å²) in [7, 11) is 1.07. The van der Waals surface area contributed by atoms with Crippen molar-refractivity contribution in [3.63, 3.8) is 0 Å². The molecule has 0 bridgehead atoms. The van der Waals surface area contributed by atoms with Crippen LogP contribution in [0.4, 0.5) is 0 Å². The maximum Gasteiger partial charge on any atom is 0.191 e. The summed E-state index contributed by atoms with van der Waals surface area (Å²) in [6.45, 7) is 2.61. The van der Waals surface area contributed by atoms with Gasteiger partial charge in [-0.2, -0.15) is 0 Å². The topological polar surface area (TPSA) is 66.6 Å². The van der Waals surface area contributed by atoms with Crippen molar-refractivity contribution in [3.8, 4) is 0 Å². The fraction of sp³-hybridized carbons (Fsp3) is 0.667. The van der Waals surface area contributed by atoms with E-state index in [1.165, 1.54) is 0 Å². The molecule has 0 amide bonds. The highest BCUT2D eigenvalue weighted by Gasteiger charge is 2.25. The second-order valence-corrected chi connectivity index (χ2v) is 7.31. The molecule has 5 nitrogen and oxygen atoms in total. The number of rotatable bonds is 5. The molecule has 1 fully saturated rings. The van der Waals surface area contributed by atoms with E-state index in [0.29, 0.717) is 17.8 Å². The molecule has 1 aromatic heterocycles. The van der Waals surface area contributed by atoms with E-state index in [2.05, 4.69) is 15.6 Å². The van der Waals surface area contributed by atoms with Crippen LogP contribution in [0.1, 0.15) is 38.4 Å². The van der Waals surface area contributed by atoms with Crippen molar-refractivity contribution in [2.45, 2.75) is 50.4 Å². The minimum atomic E-state index is -0.694. The van der Waals surface area contributed by atoms with Crippen molar-refractivity contribution < 1.29 is 8.63 Å². The van der Waals surface area contributed by atoms with Gasteiger partial charge in [-0.3, -0.25) is 9.20 Å². The lowest BCUT2D eigenvalue weighted by Gasteiger charge is -2.30. The monoisotopic (exact) mass is 311 g/mol. The van der Waals surface area contributed by atoms with Crippen LogP contribution in [0.25, 0.3) is 0 Å². The largest absolute Gasteiger partial charge is 0.467 e. The Kier molecular flexibility index (Phi) is 6.29. The van der Waals surface area contributed by atoms with Gasteiger partial charge in [0.25, 0.3) is 0 Å². The summed E-state index contributed by atoms with van der Waals surface area (Å²) >= 11 is 0. The summed E-state index contributed by atoms with van der Waals surface area (Å²) in [5, 5.41) is 7.01. The van der Waals surface area contributed by atoms with Crippen molar-refractivity contribution in [2.24, 2.45) is 4.99 Å². The highest BCUT2D eigenvalue weighted by molar-refractivity contribution is 7.85. The lowest BCUT2D eigenvalue weighted by atomic mass is 9.95. The van der Waals surface area contributed by atoms with E-state index >= 15 is 0 Å². The van der Waals surface area contributed by atoms with Gasteiger partial charge >= 0.3 is 0 Å². The standard InChI is InChI=1S/C15H25N3O2S/c1-3-21(19)14-8-4-6-12(10-14)18-15(16-2)17-11-13-7-5-9-20-13/h5,7,9,12,14H,3-4,6,8,10-11H2,1-2H3,(H2,16,17,18). The summed E-state index contributed by atoms with van der Waals surface area (Å²) < 4.78 is 17.3. The van der Waals surface area contributed by atoms with E-state index in [1.807, 2.05) is 19.1 Å². The predicted molar refractivity (Wildman–Crippen MR) is 86.8 cm³/mol. The Morgan fingerprint density at radius 3 is 3.05 bits per heavy atom. The fourth-order valence-electron chi connectivity index (χ4n) is 2.72. The van der Waals surface area contributed by atoms with Gasteiger partial charge in [0, 0.05) is 34.9 Å². The number of hydrogen-bond acceptors (Lipinski definition) is 3. The molecule has 0 aliphatic heterocycles. The number of hydrogen-bond donors (Lipinski definition) is 2. The number of nitrogens with zero attached hydrogens (tertiary/aromatic N) is 1. The van der Waals surface area contributed by atoms with Gasteiger partial charge in [0.1, 0.15) is 5.76 Å². The molecule has 0 radical (unpaired) electrons. The van der Waals surface area contributed by atoms with E-state index < -0.39 is 10.8 Å². The molecule has 1 heterocycles. The van der Waals surface area contributed by atoms with Crippen molar-refractivity contribution in [1.82, 2.24) is 10.6 Å². The van der Waals surface area contributed by atoms with Gasteiger partial charge in [-0.15, -0.1) is 0 Å². The first-order valence-electron chi connectivity index (χ1n) is 7.59. The molecule has 6 heteroatoms.